The minimum atomic E-state index is 0.153. The average Bonchev–Trinajstić information content (AvgIpc) is 3.06. The molecule has 0 spiro atoms. The molecule has 0 bridgehead atoms. The highest BCUT2D eigenvalue weighted by Gasteiger charge is 2.25. The summed E-state index contributed by atoms with van der Waals surface area (Å²) >= 11 is 15.5. The Hall–Kier alpha value is -0.280. The number of thiophene rings is 2. The lowest BCUT2D eigenvalue weighted by molar-refractivity contribution is 0.881. The maximum atomic E-state index is 5.54. The highest BCUT2D eigenvalue weighted by atomic mass is 79.9. The maximum absolute atomic E-state index is 5.54. The van der Waals surface area contributed by atoms with Crippen molar-refractivity contribution in [3.8, 4) is 0 Å². The van der Waals surface area contributed by atoms with Gasteiger partial charge in [-0.1, -0.05) is 13.8 Å². The van der Waals surface area contributed by atoms with Crippen molar-refractivity contribution in [2.24, 2.45) is 10.8 Å². The normalized spacial score (nSPS) is 13.5. The van der Waals surface area contributed by atoms with Gasteiger partial charge in [0.25, 0.3) is 0 Å². The fraction of sp³-hybridized carbons (Fsp3) is 0.286. The van der Waals surface area contributed by atoms with Crippen LogP contribution in [0.1, 0.15) is 35.4 Å². The fourth-order valence-corrected chi connectivity index (χ4v) is 5.81. The Labute approximate surface area is 160 Å². The molecule has 2 unspecified atom stereocenters. The number of thiocarbonyl (C=S) groups is 1. The van der Waals surface area contributed by atoms with E-state index in [2.05, 4.69) is 79.1 Å². The molecule has 0 aliphatic rings. The summed E-state index contributed by atoms with van der Waals surface area (Å²) in [6, 6.07) is 4.11. The van der Waals surface area contributed by atoms with Crippen LogP contribution in [0.3, 0.4) is 0 Å². The monoisotopic (exact) mass is 479 g/mol. The summed E-state index contributed by atoms with van der Waals surface area (Å²) in [5, 5.41) is 8.80. The van der Waals surface area contributed by atoms with E-state index in [4.69, 9.17) is 18.0 Å². The van der Waals surface area contributed by atoms with Crippen molar-refractivity contribution in [1.82, 2.24) is 5.43 Å². The van der Waals surface area contributed by atoms with Gasteiger partial charge in [-0.15, -0.1) is 22.7 Å². The first kappa shape index (κ1) is 18.1. The molecular formula is C14H15Br2N3S3. The van der Waals surface area contributed by atoms with Crippen LogP contribution >= 0.6 is 66.8 Å². The molecule has 0 saturated carbocycles. The SMILES string of the molecule is CC(C(=NNC(N)=S)C(C)c1sccc1Br)c1sccc1Br. The smallest absolute Gasteiger partial charge is 0.184 e. The third-order valence-electron chi connectivity index (χ3n) is 3.26. The lowest BCUT2D eigenvalue weighted by Gasteiger charge is -2.20. The molecular weight excluding hydrogens is 466 g/mol. The van der Waals surface area contributed by atoms with Gasteiger partial charge in [-0.3, -0.25) is 5.43 Å². The molecule has 2 heterocycles. The molecule has 0 saturated heterocycles. The van der Waals surface area contributed by atoms with Crippen LogP contribution < -0.4 is 11.2 Å². The van der Waals surface area contributed by atoms with Crippen LogP contribution in [0, 0.1) is 0 Å². The Balaban J connectivity index is 2.39. The molecule has 2 atom stereocenters. The second-order valence-electron chi connectivity index (χ2n) is 4.72. The average molecular weight is 481 g/mol. The topological polar surface area (TPSA) is 50.4 Å². The molecule has 118 valence electrons. The summed E-state index contributed by atoms with van der Waals surface area (Å²) in [5.74, 6) is 0.306. The van der Waals surface area contributed by atoms with Crippen LogP contribution in [0.2, 0.25) is 0 Å². The minimum absolute atomic E-state index is 0.153. The van der Waals surface area contributed by atoms with Gasteiger partial charge in [0.2, 0.25) is 0 Å². The molecule has 2 rings (SSSR count). The van der Waals surface area contributed by atoms with Gasteiger partial charge in [0, 0.05) is 30.5 Å². The van der Waals surface area contributed by atoms with Gasteiger partial charge in [-0.25, -0.2) is 0 Å². The minimum Gasteiger partial charge on any atom is -0.375 e. The Morgan fingerprint density at radius 1 is 1.14 bits per heavy atom. The zero-order valence-electron chi connectivity index (χ0n) is 12.0. The fourth-order valence-electron chi connectivity index (χ4n) is 2.19. The summed E-state index contributed by atoms with van der Waals surface area (Å²) in [6.45, 7) is 4.30. The molecule has 3 N–H and O–H groups in total. The zero-order valence-corrected chi connectivity index (χ0v) is 17.6. The van der Waals surface area contributed by atoms with Crippen molar-refractivity contribution in [1.29, 1.82) is 0 Å². The van der Waals surface area contributed by atoms with Crippen LogP contribution in [-0.4, -0.2) is 10.8 Å². The highest BCUT2D eigenvalue weighted by molar-refractivity contribution is 9.10. The summed E-state index contributed by atoms with van der Waals surface area (Å²) in [7, 11) is 0. The molecule has 0 aliphatic carbocycles. The predicted octanol–water partition coefficient (Wildman–Crippen LogP) is 5.43. The van der Waals surface area contributed by atoms with Crippen molar-refractivity contribution < 1.29 is 0 Å². The van der Waals surface area contributed by atoms with E-state index in [1.165, 1.54) is 9.75 Å². The summed E-state index contributed by atoms with van der Waals surface area (Å²) in [4.78, 5) is 2.48. The van der Waals surface area contributed by atoms with Crippen molar-refractivity contribution in [3.05, 3.63) is 41.6 Å². The Kier molecular flexibility index (Phi) is 6.58. The first-order chi connectivity index (χ1) is 10.4. The standard InChI is InChI=1S/C14H15Br2N3S3/c1-7(12-9(15)3-5-21-12)11(18-19-14(17)20)8(2)13-10(16)4-6-22-13/h3-8H,1-2H3,(H3,17,19,20). The van der Waals surface area contributed by atoms with Gasteiger partial charge < -0.3 is 5.73 Å². The predicted molar refractivity (Wildman–Crippen MR) is 108 cm³/mol. The second-order valence-corrected chi connectivity index (χ2v) is 8.77. The van der Waals surface area contributed by atoms with Gasteiger partial charge in [0.15, 0.2) is 5.11 Å². The summed E-state index contributed by atoms with van der Waals surface area (Å²) in [5.41, 5.74) is 9.28. The largest absolute Gasteiger partial charge is 0.375 e. The number of nitrogens with two attached hydrogens (primary N) is 1. The molecule has 2 aromatic rings. The molecule has 0 fully saturated rings. The molecule has 0 amide bonds. The first-order valence-corrected chi connectivity index (χ1v) is 10.3. The molecule has 0 aliphatic heterocycles. The van der Waals surface area contributed by atoms with E-state index in [-0.39, 0.29) is 16.9 Å². The number of hydrazone groups is 1. The Morgan fingerprint density at radius 2 is 1.59 bits per heavy atom. The third kappa shape index (κ3) is 4.17. The van der Waals surface area contributed by atoms with Crippen molar-refractivity contribution >= 4 is 77.6 Å². The van der Waals surface area contributed by atoms with Gasteiger partial charge in [0.05, 0.1) is 5.71 Å². The molecule has 8 heteroatoms. The van der Waals surface area contributed by atoms with E-state index in [0.29, 0.717) is 0 Å². The maximum Gasteiger partial charge on any atom is 0.184 e. The molecule has 3 nitrogen and oxygen atoms in total. The van der Waals surface area contributed by atoms with E-state index in [1.54, 1.807) is 22.7 Å². The van der Waals surface area contributed by atoms with Crippen molar-refractivity contribution in [2.45, 2.75) is 25.7 Å². The quantitative estimate of drug-likeness (QED) is 0.340. The summed E-state index contributed by atoms with van der Waals surface area (Å²) < 4.78 is 2.20. The Morgan fingerprint density at radius 3 is 1.91 bits per heavy atom. The van der Waals surface area contributed by atoms with Gasteiger partial charge >= 0.3 is 0 Å². The number of hydrogen-bond acceptors (Lipinski definition) is 4. The third-order valence-corrected chi connectivity index (χ3v) is 7.46. The lowest BCUT2D eigenvalue weighted by atomic mass is 9.92. The van der Waals surface area contributed by atoms with Crippen LogP contribution in [0.4, 0.5) is 0 Å². The lowest BCUT2D eigenvalue weighted by Crippen LogP contribution is -2.28. The summed E-state index contributed by atoms with van der Waals surface area (Å²) in [6.07, 6.45) is 0. The number of nitrogens with zero attached hydrogens (tertiary/aromatic N) is 1. The van der Waals surface area contributed by atoms with Crippen molar-refractivity contribution in [3.63, 3.8) is 0 Å². The van der Waals surface area contributed by atoms with E-state index < -0.39 is 0 Å². The van der Waals surface area contributed by atoms with Crippen LogP contribution in [-0.2, 0) is 0 Å². The van der Waals surface area contributed by atoms with Gasteiger partial charge in [-0.05, 0) is 67.0 Å². The van der Waals surface area contributed by atoms with Crippen molar-refractivity contribution in [2.75, 3.05) is 0 Å². The van der Waals surface area contributed by atoms with Crippen LogP contribution in [0.25, 0.3) is 0 Å². The van der Waals surface area contributed by atoms with Gasteiger partial charge in [-0.2, -0.15) is 5.10 Å². The molecule has 0 radical (unpaired) electrons. The zero-order chi connectivity index (χ0) is 16.3. The number of hydrogen-bond donors (Lipinski definition) is 2. The number of halogens is 2. The van der Waals surface area contributed by atoms with Crippen LogP contribution in [0.15, 0.2) is 36.9 Å². The second kappa shape index (κ2) is 8.01. The van der Waals surface area contributed by atoms with Crippen LogP contribution in [0.5, 0.6) is 0 Å². The number of rotatable bonds is 5. The number of nitrogens with one attached hydrogen (secondary N) is 1. The van der Waals surface area contributed by atoms with E-state index in [1.807, 2.05) is 0 Å². The van der Waals surface area contributed by atoms with E-state index in [0.717, 1.165) is 14.7 Å². The highest BCUT2D eigenvalue weighted by Crippen LogP contribution is 2.38. The first-order valence-electron chi connectivity index (χ1n) is 6.50. The Bertz CT molecular complexity index is 645. The van der Waals surface area contributed by atoms with E-state index in [9.17, 15) is 0 Å². The molecule has 2 aromatic heterocycles. The van der Waals surface area contributed by atoms with E-state index >= 15 is 0 Å². The van der Waals surface area contributed by atoms with Gasteiger partial charge in [0.1, 0.15) is 0 Å². The molecule has 0 aromatic carbocycles. The molecule has 22 heavy (non-hydrogen) atoms.